The molecule has 0 aliphatic carbocycles. The van der Waals surface area contributed by atoms with E-state index in [4.69, 9.17) is 0 Å². The van der Waals surface area contributed by atoms with Gasteiger partial charge in [-0.05, 0) is 49.9 Å². The van der Waals surface area contributed by atoms with Crippen molar-refractivity contribution in [2.45, 2.75) is 51.1 Å². The smallest absolute Gasteiger partial charge is 0.253 e. The molecular formula is C19H29N3O. The molecule has 1 amide bonds. The molecule has 3 rings (SSSR count). The second-order valence-electron chi connectivity index (χ2n) is 7.00. The number of hydrogen-bond donors (Lipinski definition) is 1. The van der Waals surface area contributed by atoms with Crippen LogP contribution in [0.4, 0.5) is 5.69 Å². The highest BCUT2D eigenvalue weighted by Gasteiger charge is 2.31. The Balaban J connectivity index is 1.63. The van der Waals surface area contributed by atoms with Crippen LogP contribution in [0.1, 0.15) is 49.4 Å². The first-order valence-corrected chi connectivity index (χ1v) is 9.04. The Morgan fingerprint density at radius 1 is 1.22 bits per heavy atom. The maximum Gasteiger partial charge on any atom is 0.253 e. The Kier molecular flexibility index (Phi) is 5.21. The lowest BCUT2D eigenvalue weighted by Gasteiger charge is -2.25. The molecule has 2 aliphatic rings. The number of amides is 1. The van der Waals surface area contributed by atoms with E-state index in [0.29, 0.717) is 12.1 Å². The lowest BCUT2D eigenvalue weighted by Crippen LogP contribution is -2.39. The number of carbonyl (C=O) groups is 1. The van der Waals surface area contributed by atoms with Gasteiger partial charge < -0.3 is 15.1 Å². The number of nitrogens with zero attached hydrogens (tertiary/aromatic N) is 2. The van der Waals surface area contributed by atoms with Gasteiger partial charge in [0.25, 0.3) is 5.91 Å². The predicted octanol–water partition coefficient (Wildman–Crippen LogP) is 2.89. The third-order valence-corrected chi connectivity index (χ3v) is 5.21. The zero-order chi connectivity index (χ0) is 16.2. The summed E-state index contributed by atoms with van der Waals surface area (Å²) in [6, 6.07) is 9.22. The molecular weight excluding hydrogens is 286 g/mol. The van der Waals surface area contributed by atoms with E-state index in [2.05, 4.69) is 36.3 Å². The molecule has 0 aromatic heterocycles. The average Bonchev–Trinajstić information content (AvgIpc) is 2.91. The van der Waals surface area contributed by atoms with E-state index in [-0.39, 0.29) is 5.91 Å². The van der Waals surface area contributed by atoms with Crippen LogP contribution in [0.15, 0.2) is 24.3 Å². The Labute approximate surface area is 139 Å². The summed E-state index contributed by atoms with van der Waals surface area (Å²) < 4.78 is 0. The van der Waals surface area contributed by atoms with E-state index in [1.165, 1.54) is 31.4 Å². The first-order chi connectivity index (χ1) is 11.2. The molecule has 126 valence electrons. The van der Waals surface area contributed by atoms with Gasteiger partial charge in [-0.15, -0.1) is 0 Å². The van der Waals surface area contributed by atoms with Crippen molar-refractivity contribution in [2.75, 3.05) is 31.6 Å². The SMILES string of the molecule is CCCCN(C)c1ccc(C(=O)N2CCC3CCC(C2)N3)cc1. The Hall–Kier alpha value is -1.55. The number of hydrogen-bond acceptors (Lipinski definition) is 3. The first-order valence-electron chi connectivity index (χ1n) is 9.04. The molecule has 2 unspecified atom stereocenters. The van der Waals surface area contributed by atoms with Crippen LogP contribution in [0, 0.1) is 0 Å². The van der Waals surface area contributed by atoms with Gasteiger partial charge in [-0.25, -0.2) is 0 Å². The van der Waals surface area contributed by atoms with Gasteiger partial charge in [-0.2, -0.15) is 0 Å². The Morgan fingerprint density at radius 2 is 1.96 bits per heavy atom. The normalized spacial score (nSPS) is 23.7. The van der Waals surface area contributed by atoms with Crippen LogP contribution in [0.3, 0.4) is 0 Å². The van der Waals surface area contributed by atoms with Crippen molar-refractivity contribution < 1.29 is 4.79 Å². The van der Waals surface area contributed by atoms with E-state index >= 15 is 0 Å². The van der Waals surface area contributed by atoms with Crippen molar-refractivity contribution in [3.8, 4) is 0 Å². The van der Waals surface area contributed by atoms with Gasteiger partial charge in [0.05, 0.1) is 0 Å². The summed E-state index contributed by atoms with van der Waals surface area (Å²) in [5, 5.41) is 3.63. The minimum atomic E-state index is 0.183. The summed E-state index contributed by atoms with van der Waals surface area (Å²) in [6.45, 7) is 5.00. The highest BCUT2D eigenvalue weighted by atomic mass is 16.2. The summed E-state index contributed by atoms with van der Waals surface area (Å²) >= 11 is 0. The highest BCUT2D eigenvalue weighted by molar-refractivity contribution is 5.94. The topological polar surface area (TPSA) is 35.6 Å². The summed E-state index contributed by atoms with van der Waals surface area (Å²) in [6.07, 6.45) is 5.95. The number of likely N-dealkylation sites (tertiary alicyclic amines) is 1. The minimum absolute atomic E-state index is 0.183. The zero-order valence-corrected chi connectivity index (χ0v) is 14.4. The molecule has 4 nitrogen and oxygen atoms in total. The first kappa shape index (κ1) is 16.3. The number of unbranched alkanes of at least 4 members (excludes halogenated alkanes) is 1. The number of carbonyl (C=O) groups excluding carboxylic acids is 1. The summed E-state index contributed by atoms with van der Waals surface area (Å²) in [5.41, 5.74) is 2.00. The average molecular weight is 315 g/mol. The van der Waals surface area contributed by atoms with Crippen molar-refractivity contribution in [3.05, 3.63) is 29.8 Å². The molecule has 2 aliphatic heterocycles. The monoisotopic (exact) mass is 315 g/mol. The van der Waals surface area contributed by atoms with Crippen molar-refractivity contribution in [1.29, 1.82) is 0 Å². The summed E-state index contributed by atoms with van der Waals surface area (Å²) in [5.74, 6) is 0.183. The van der Waals surface area contributed by atoms with Crippen LogP contribution in [0.25, 0.3) is 0 Å². The van der Waals surface area contributed by atoms with E-state index in [9.17, 15) is 4.79 Å². The molecule has 1 N–H and O–H groups in total. The van der Waals surface area contributed by atoms with Gasteiger partial charge in [0, 0.05) is 50.0 Å². The fourth-order valence-electron chi connectivity index (χ4n) is 3.69. The van der Waals surface area contributed by atoms with Crippen molar-refractivity contribution in [3.63, 3.8) is 0 Å². The van der Waals surface area contributed by atoms with Gasteiger partial charge in [0.2, 0.25) is 0 Å². The number of fused-ring (bicyclic) bond motifs is 2. The fraction of sp³-hybridized carbons (Fsp3) is 0.632. The summed E-state index contributed by atoms with van der Waals surface area (Å²) in [7, 11) is 2.11. The van der Waals surface area contributed by atoms with Crippen molar-refractivity contribution in [2.24, 2.45) is 0 Å². The van der Waals surface area contributed by atoms with Crippen LogP contribution >= 0.6 is 0 Å². The van der Waals surface area contributed by atoms with E-state index in [1.807, 2.05) is 17.0 Å². The van der Waals surface area contributed by atoms with Crippen LogP contribution in [-0.2, 0) is 0 Å². The molecule has 0 radical (unpaired) electrons. The number of benzene rings is 1. The van der Waals surface area contributed by atoms with E-state index in [0.717, 1.165) is 31.6 Å². The van der Waals surface area contributed by atoms with Crippen LogP contribution in [-0.4, -0.2) is 49.6 Å². The lowest BCUT2D eigenvalue weighted by atomic mass is 10.1. The third kappa shape index (κ3) is 3.86. The van der Waals surface area contributed by atoms with Crippen molar-refractivity contribution in [1.82, 2.24) is 10.2 Å². The molecule has 4 heteroatoms. The molecule has 2 heterocycles. The van der Waals surface area contributed by atoms with Gasteiger partial charge in [-0.3, -0.25) is 4.79 Å². The maximum absolute atomic E-state index is 12.8. The molecule has 0 spiro atoms. The van der Waals surface area contributed by atoms with E-state index < -0.39 is 0 Å². The standard InChI is InChI=1S/C19H29N3O/c1-3-4-12-21(2)18-9-5-15(6-10-18)19(23)22-13-11-16-7-8-17(14-22)20-16/h5-6,9-10,16-17,20H,3-4,7-8,11-14H2,1-2H3. The minimum Gasteiger partial charge on any atom is -0.375 e. The number of anilines is 1. The predicted molar refractivity (Wildman–Crippen MR) is 95.1 cm³/mol. The van der Waals surface area contributed by atoms with Crippen LogP contribution in [0.5, 0.6) is 0 Å². The molecule has 2 fully saturated rings. The molecule has 23 heavy (non-hydrogen) atoms. The highest BCUT2D eigenvalue weighted by Crippen LogP contribution is 2.22. The summed E-state index contributed by atoms with van der Waals surface area (Å²) in [4.78, 5) is 17.1. The largest absolute Gasteiger partial charge is 0.375 e. The molecule has 2 saturated heterocycles. The fourth-order valence-corrected chi connectivity index (χ4v) is 3.69. The quantitative estimate of drug-likeness (QED) is 0.907. The molecule has 2 atom stereocenters. The second-order valence-corrected chi connectivity index (χ2v) is 7.00. The molecule has 2 bridgehead atoms. The van der Waals surface area contributed by atoms with Crippen molar-refractivity contribution >= 4 is 11.6 Å². The van der Waals surface area contributed by atoms with Crippen LogP contribution in [0.2, 0.25) is 0 Å². The lowest BCUT2D eigenvalue weighted by molar-refractivity contribution is 0.0748. The van der Waals surface area contributed by atoms with Gasteiger partial charge >= 0.3 is 0 Å². The van der Waals surface area contributed by atoms with Gasteiger partial charge in [0.15, 0.2) is 0 Å². The zero-order valence-electron chi connectivity index (χ0n) is 14.4. The van der Waals surface area contributed by atoms with E-state index in [1.54, 1.807) is 0 Å². The second kappa shape index (κ2) is 7.35. The molecule has 1 aromatic rings. The molecule has 1 aromatic carbocycles. The van der Waals surface area contributed by atoms with Gasteiger partial charge in [-0.1, -0.05) is 13.3 Å². The van der Waals surface area contributed by atoms with Gasteiger partial charge in [0.1, 0.15) is 0 Å². The Morgan fingerprint density at radius 3 is 2.70 bits per heavy atom. The number of nitrogens with one attached hydrogen (secondary N) is 1. The molecule has 0 saturated carbocycles. The Bertz CT molecular complexity index is 528. The van der Waals surface area contributed by atoms with Crippen LogP contribution < -0.4 is 10.2 Å². The third-order valence-electron chi connectivity index (χ3n) is 5.21. The maximum atomic E-state index is 12.8. The number of rotatable bonds is 5.